The fourth-order valence-electron chi connectivity index (χ4n) is 5.23. The molecule has 39 heavy (non-hydrogen) atoms. The Labute approximate surface area is 223 Å². The lowest BCUT2D eigenvalue weighted by Gasteiger charge is -2.43. The van der Waals surface area contributed by atoms with Crippen LogP contribution in [0.3, 0.4) is 0 Å². The zero-order valence-electron chi connectivity index (χ0n) is 21.2. The average Bonchev–Trinajstić information content (AvgIpc) is 3.25. The van der Waals surface area contributed by atoms with Crippen LogP contribution in [0.25, 0.3) is 6.08 Å². The van der Waals surface area contributed by atoms with Crippen molar-refractivity contribution in [3.63, 3.8) is 0 Å². The van der Waals surface area contributed by atoms with E-state index in [1.54, 1.807) is 6.92 Å². The molecule has 0 spiro atoms. The molecule has 1 aromatic carbocycles. The topological polar surface area (TPSA) is 202 Å². The standard InChI is InChI=1S/C26H32O13/c1-11-17(37-19(30)6-4-12-3-5-15(28)16(29)7-12)8-13-14(24(34)35-2)10-36-25(20(11)13)39-26-23(33)22(32)21(31)18(9-27)38-26/h3-7,10-11,13,17-18,20-23,25-29,31-33H,8-9H2,1-2H3/b6-4+/t11-,13+,17-,18-,20+,21-,22+,23-,25-,26+/m1/s1. The lowest BCUT2D eigenvalue weighted by atomic mass is 9.83. The molecule has 3 aliphatic rings. The summed E-state index contributed by atoms with van der Waals surface area (Å²) >= 11 is 0. The zero-order chi connectivity index (χ0) is 28.4. The van der Waals surface area contributed by atoms with E-state index in [9.17, 15) is 40.2 Å². The predicted octanol–water partition coefficient (Wildman–Crippen LogP) is -0.475. The smallest absolute Gasteiger partial charge is 0.337 e. The second-order valence-corrected chi connectivity index (χ2v) is 9.74. The van der Waals surface area contributed by atoms with Crippen molar-refractivity contribution >= 4 is 18.0 Å². The first kappa shape index (κ1) is 28.8. The highest BCUT2D eigenvalue weighted by atomic mass is 16.8. The summed E-state index contributed by atoms with van der Waals surface area (Å²) in [5.41, 5.74) is 0.657. The van der Waals surface area contributed by atoms with Crippen molar-refractivity contribution < 1.29 is 63.9 Å². The minimum Gasteiger partial charge on any atom is -0.504 e. The summed E-state index contributed by atoms with van der Waals surface area (Å²) in [5.74, 6) is -3.48. The van der Waals surface area contributed by atoms with Gasteiger partial charge in [-0.1, -0.05) is 13.0 Å². The highest BCUT2D eigenvalue weighted by Crippen LogP contribution is 2.48. The van der Waals surface area contributed by atoms with Crippen LogP contribution in [0.2, 0.25) is 0 Å². The van der Waals surface area contributed by atoms with Gasteiger partial charge in [-0.3, -0.25) is 0 Å². The van der Waals surface area contributed by atoms with Gasteiger partial charge >= 0.3 is 11.9 Å². The Bertz CT molecular complexity index is 1120. The lowest BCUT2D eigenvalue weighted by molar-refractivity contribution is -0.342. The minimum absolute atomic E-state index is 0.205. The van der Waals surface area contributed by atoms with Crippen molar-refractivity contribution in [3.8, 4) is 11.5 Å². The zero-order valence-corrected chi connectivity index (χ0v) is 21.2. The van der Waals surface area contributed by atoms with Gasteiger partial charge in [-0.25, -0.2) is 9.59 Å². The van der Waals surface area contributed by atoms with Crippen LogP contribution < -0.4 is 0 Å². The second-order valence-electron chi connectivity index (χ2n) is 9.74. The number of ether oxygens (including phenoxy) is 5. The summed E-state index contributed by atoms with van der Waals surface area (Å²) in [6.45, 7) is 1.14. The first-order chi connectivity index (χ1) is 18.5. The second kappa shape index (κ2) is 11.9. The van der Waals surface area contributed by atoms with E-state index in [2.05, 4.69) is 0 Å². The average molecular weight is 553 g/mol. The number of phenols is 2. The third-order valence-corrected chi connectivity index (χ3v) is 7.40. The van der Waals surface area contributed by atoms with Gasteiger partial charge in [-0.2, -0.15) is 0 Å². The summed E-state index contributed by atoms with van der Waals surface area (Å²) in [6, 6.07) is 4.05. The van der Waals surface area contributed by atoms with Crippen molar-refractivity contribution in [2.45, 2.75) is 56.4 Å². The maximum Gasteiger partial charge on any atom is 0.337 e. The number of phenolic OH excluding ortho intramolecular Hbond substituents is 2. The Morgan fingerprint density at radius 2 is 1.82 bits per heavy atom. The molecule has 0 radical (unpaired) electrons. The number of hydrogen-bond donors (Lipinski definition) is 6. The Kier molecular flexibility index (Phi) is 8.79. The van der Waals surface area contributed by atoms with E-state index in [1.807, 2.05) is 0 Å². The molecule has 1 aromatic rings. The first-order valence-electron chi connectivity index (χ1n) is 12.4. The first-order valence-corrected chi connectivity index (χ1v) is 12.4. The number of aliphatic hydroxyl groups excluding tert-OH is 4. The quantitative estimate of drug-likeness (QED) is 0.144. The number of aliphatic hydroxyl groups is 4. The fourth-order valence-corrected chi connectivity index (χ4v) is 5.23. The van der Waals surface area contributed by atoms with Crippen molar-refractivity contribution in [2.75, 3.05) is 13.7 Å². The molecule has 0 unspecified atom stereocenters. The SMILES string of the molecule is COC(=O)C1=CO[C@H](O[C@@H]2O[C@H](CO)[C@@H](O)[C@H](O)[C@H]2O)[C@H]2[C@H](C)[C@H](OC(=O)/C=C/c3ccc(O)c(O)c3)C[C@@H]12. The number of fused-ring (bicyclic) bond motifs is 1. The predicted molar refractivity (Wildman–Crippen MR) is 129 cm³/mol. The van der Waals surface area contributed by atoms with Gasteiger partial charge in [0.05, 0.1) is 25.6 Å². The van der Waals surface area contributed by atoms with Crippen LogP contribution in [0.1, 0.15) is 18.9 Å². The van der Waals surface area contributed by atoms with Gasteiger partial charge in [0.15, 0.2) is 17.8 Å². The van der Waals surface area contributed by atoms with Gasteiger partial charge in [-0.05, 0) is 30.2 Å². The van der Waals surface area contributed by atoms with Gasteiger partial charge in [-0.15, -0.1) is 0 Å². The molecule has 0 amide bonds. The van der Waals surface area contributed by atoms with Crippen LogP contribution in [0, 0.1) is 17.8 Å². The minimum atomic E-state index is -1.66. The van der Waals surface area contributed by atoms with E-state index in [1.165, 1.54) is 37.6 Å². The lowest BCUT2D eigenvalue weighted by Crippen LogP contribution is -2.60. The largest absolute Gasteiger partial charge is 0.504 e. The Balaban J connectivity index is 1.50. The van der Waals surface area contributed by atoms with Gasteiger partial charge in [0.2, 0.25) is 6.29 Å². The summed E-state index contributed by atoms with van der Waals surface area (Å²) in [7, 11) is 1.22. The third kappa shape index (κ3) is 5.88. The van der Waals surface area contributed by atoms with Gasteiger partial charge in [0, 0.05) is 23.8 Å². The van der Waals surface area contributed by atoms with Gasteiger partial charge in [0.1, 0.15) is 30.5 Å². The molecule has 2 heterocycles. The molecule has 1 aliphatic carbocycles. The summed E-state index contributed by atoms with van der Waals surface area (Å²) in [4.78, 5) is 25.1. The third-order valence-electron chi connectivity index (χ3n) is 7.40. The number of methoxy groups -OCH3 is 1. The van der Waals surface area contributed by atoms with Crippen LogP contribution in [0.5, 0.6) is 11.5 Å². The van der Waals surface area contributed by atoms with Crippen molar-refractivity contribution in [1.82, 2.24) is 0 Å². The van der Waals surface area contributed by atoms with Crippen LogP contribution in [0.15, 0.2) is 36.1 Å². The molecule has 4 rings (SSSR count). The molecule has 2 aliphatic heterocycles. The van der Waals surface area contributed by atoms with E-state index in [4.69, 9.17) is 23.7 Å². The van der Waals surface area contributed by atoms with E-state index in [-0.39, 0.29) is 23.5 Å². The fraction of sp³-hybridized carbons (Fsp3) is 0.538. The highest BCUT2D eigenvalue weighted by Gasteiger charge is 2.54. The number of carbonyl (C=O) groups excluding carboxylic acids is 2. The number of aromatic hydroxyl groups is 2. The monoisotopic (exact) mass is 552 g/mol. The van der Waals surface area contributed by atoms with Crippen molar-refractivity contribution in [2.24, 2.45) is 17.8 Å². The normalized spacial score (nSPS) is 36.1. The molecule has 214 valence electrons. The molecular formula is C26H32O13. The maximum absolute atomic E-state index is 12.6. The van der Waals surface area contributed by atoms with Crippen LogP contribution in [-0.2, 0) is 33.3 Å². The van der Waals surface area contributed by atoms with E-state index < -0.39 is 79.4 Å². The van der Waals surface area contributed by atoms with Crippen LogP contribution in [0.4, 0.5) is 0 Å². The number of hydrogen-bond acceptors (Lipinski definition) is 13. The number of carbonyl (C=O) groups is 2. The molecule has 0 bridgehead atoms. The van der Waals surface area contributed by atoms with Gasteiger partial charge in [0.25, 0.3) is 0 Å². The Morgan fingerprint density at radius 3 is 2.49 bits per heavy atom. The maximum atomic E-state index is 12.6. The Morgan fingerprint density at radius 1 is 1.08 bits per heavy atom. The number of rotatable bonds is 7. The van der Waals surface area contributed by atoms with Gasteiger partial charge < -0.3 is 54.3 Å². The molecule has 10 atom stereocenters. The molecule has 1 saturated carbocycles. The van der Waals surface area contributed by atoms with Crippen molar-refractivity contribution in [3.05, 3.63) is 41.7 Å². The molecule has 6 N–H and O–H groups in total. The summed E-state index contributed by atoms with van der Waals surface area (Å²) < 4.78 is 27.5. The highest BCUT2D eigenvalue weighted by molar-refractivity contribution is 5.89. The molecular weight excluding hydrogens is 520 g/mol. The number of benzene rings is 1. The number of esters is 2. The molecule has 0 aromatic heterocycles. The molecule has 13 heteroatoms. The Hall–Kier alpha value is -3.20. The van der Waals surface area contributed by atoms with Crippen LogP contribution >= 0.6 is 0 Å². The van der Waals surface area contributed by atoms with Crippen LogP contribution in [-0.4, -0.2) is 99.4 Å². The summed E-state index contributed by atoms with van der Waals surface area (Å²) in [6.07, 6.45) is -5.37. The summed E-state index contributed by atoms with van der Waals surface area (Å²) in [5, 5.41) is 59.1. The van der Waals surface area contributed by atoms with E-state index >= 15 is 0 Å². The van der Waals surface area contributed by atoms with E-state index in [0.29, 0.717) is 5.56 Å². The van der Waals surface area contributed by atoms with E-state index in [0.717, 1.165) is 6.08 Å². The molecule has 13 nitrogen and oxygen atoms in total. The van der Waals surface area contributed by atoms with Crippen molar-refractivity contribution in [1.29, 1.82) is 0 Å². The molecule has 2 fully saturated rings. The molecule has 1 saturated heterocycles.